The monoisotopic (exact) mass is 285 g/mol. The summed E-state index contributed by atoms with van der Waals surface area (Å²) < 4.78 is 25.0. The van der Waals surface area contributed by atoms with Gasteiger partial charge in [-0.2, -0.15) is 0 Å². The third kappa shape index (κ3) is 5.98. The Morgan fingerprint density at radius 1 is 1.36 bits per heavy atom. The quantitative estimate of drug-likeness (QED) is 0.742. The molecule has 0 bridgehead atoms. The van der Waals surface area contributed by atoms with Crippen molar-refractivity contribution in [3.63, 3.8) is 0 Å². The first-order valence-corrected chi connectivity index (χ1v) is 7.15. The number of alkyl halides is 1. The topological polar surface area (TPSA) is 37.4 Å². The summed E-state index contributed by atoms with van der Waals surface area (Å²) in [6, 6.07) is 0. The summed E-state index contributed by atoms with van der Waals surface area (Å²) in [5.41, 5.74) is -0.192. The summed E-state index contributed by atoms with van der Waals surface area (Å²) in [6.07, 6.45) is 0. The van der Waals surface area contributed by atoms with Crippen molar-refractivity contribution in [3.05, 3.63) is 0 Å². The molecule has 0 rings (SSSR count). The molecule has 0 aliphatic carbocycles. The van der Waals surface area contributed by atoms with E-state index in [2.05, 4.69) is 15.9 Å². The van der Waals surface area contributed by atoms with Crippen LogP contribution >= 0.6 is 15.9 Å². The van der Waals surface area contributed by atoms with E-state index in [1.54, 1.807) is 7.05 Å². The average molecular weight is 286 g/mol. The lowest BCUT2D eigenvalue weighted by Gasteiger charge is -2.24. The first-order chi connectivity index (χ1) is 6.04. The molecule has 0 saturated carbocycles. The second-order valence-corrected chi connectivity index (χ2v) is 8.52. The van der Waals surface area contributed by atoms with Crippen LogP contribution < -0.4 is 0 Å². The van der Waals surface area contributed by atoms with Crippen molar-refractivity contribution in [1.82, 2.24) is 4.31 Å². The molecule has 0 saturated heterocycles. The van der Waals surface area contributed by atoms with Crippen LogP contribution in [-0.4, -0.2) is 36.9 Å². The van der Waals surface area contributed by atoms with Gasteiger partial charge in [-0.1, -0.05) is 43.6 Å². The molecular formula is C9H20BrNO2S. The first kappa shape index (κ1) is 14.4. The zero-order valence-corrected chi connectivity index (χ0v) is 11.9. The van der Waals surface area contributed by atoms with Crippen molar-refractivity contribution in [3.8, 4) is 0 Å². The molecule has 0 aromatic heterocycles. The van der Waals surface area contributed by atoms with E-state index in [9.17, 15) is 8.42 Å². The molecule has 5 heteroatoms. The number of hydrogen-bond donors (Lipinski definition) is 0. The van der Waals surface area contributed by atoms with Gasteiger partial charge in [0.1, 0.15) is 0 Å². The van der Waals surface area contributed by atoms with Gasteiger partial charge in [-0.25, -0.2) is 12.7 Å². The summed E-state index contributed by atoms with van der Waals surface area (Å²) in [5, 5.41) is 0. The van der Waals surface area contributed by atoms with E-state index in [0.717, 1.165) is 0 Å². The van der Waals surface area contributed by atoms with Crippen LogP contribution in [0, 0.1) is 5.41 Å². The maximum Gasteiger partial charge on any atom is 0.214 e. The fraction of sp³-hybridized carbons (Fsp3) is 1.00. The Balaban J connectivity index is 4.48. The van der Waals surface area contributed by atoms with Crippen LogP contribution in [0.3, 0.4) is 0 Å². The SMILES string of the molecule is CC(Br)CN(C)S(=O)(=O)CC(C)(C)C. The van der Waals surface area contributed by atoms with E-state index in [4.69, 9.17) is 0 Å². The fourth-order valence-corrected chi connectivity index (χ4v) is 3.52. The van der Waals surface area contributed by atoms with Crippen molar-refractivity contribution in [2.45, 2.75) is 32.5 Å². The minimum Gasteiger partial charge on any atom is -0.212 e. The van der Waals surface area contributed by atoms with Gasteiger partial charge in [0.15, 0.2) is 0 Å². The highest BCUT2D eigenvalue weighted by Gasteiger charge is 2.25. The highest BCUT2D eigenvalue weighted by Crippen LogP contribution is 2.18. The lowest BCUT2D eigenvalue weighted by Crippen LogP contribution is -2.36. The van der Waals surface area contributed by atoms with Gasteiger partial charge in [0.2, 0.25) is 10.0 Å². The van der Waals surface area contributed by atoms with Gasteiger partial charge < -0.3 is 0 Å². The minimum atomic E-state index is -3.11. The Morgan fingerprint density at radius 2 is 1.79 bits per heavy atom. The third-order valence-electron chi connectivity index (χ3n) is 1.60. The number of halogens is 1. The van der Waals surface area contributed by atoms with Crippen LogP contribution in [-0.2, 0) is 10.0 Å². The van der Waals surface area contributed by atoms with Gasteiger partial charge in [0.05, 0.1) is 5.75 Å². The van der Waals surface area contributed by atoms with Gasteiger partial charge in [0, 0.05) is 18.4 Å². The number of nitrogens with zero attached hydrogens (tertiary/aromatic N) is 1. The smallest absolute Gasteiger partial charge is 0.212 e. The summed E-state index contributed by atoms with van der Waals surface area (Å²) >= 11 is 3.34. The molecule has 0 aromatic carbocycles. The highest BCUT2D eigenvalue weighted by atomic mass is 79.9. The van der Waals surface area contributed by atoms with Crippen LogP contribution in [0.4, 0.5) is 0 Å². The molecule has 0 fully saturated rings. The van der Waals surface area contributed by atoms with Gasteiger partial charge in [-0.3, -0.25) is 0 Å². The molecule has 0 radical (unpaired) electrons. The number of rotatable bonds is 4. The molecule has 0 heterocycles. The Hall–Kier alpha value is 0.390. The maximum absolute atomic E-state index is 11.8. The Labute approximate surface area is 96.0 Å². The second-order valence-electron chi connectivity index (χ2n) is 4.88. The van der Waals surface area contributed by atoms with Crippen molar-refractivity contribution < 1.29 is 8.42 Å². The van der Waals surface area contributed by atoms with E-state index in [0.29, 0.717) is 6.54 Å². The summed E-state index contributed by atoms with van der Waals surface area (Å²) in [5.74, 6) is 0.191. The standard InChI is InChI=1S/C9H20BrNO2S/c1-8(10)6-11(5)14(12,13)7-9(2,3)4/h8H,6-7H2,1-5H3. The van der Waals surface area contributed by atoms with Crippen LogP contribution in [0.2, 0.25) is 0 Å². The molecule has 0 aliphatic rings. The van der Waals surface area contributed by atoms with Crippen molar-refractivity contribution >= 4 is 26.0 Å². The summed E-state index contributed by atoms with van der Waals surface area (Å²) in [6.45, 7) is 8.23. The van der Waals surface area contributed by atoms with E-state index < -0.39 is 10.0 Å². The van der Waals surface area contributed by atoms with Crippen LogP contribution in [0.25, 0.3) is 0 Å². The minimum absolute atomic E-state index is 0.183. The summed E-state index contributed by atoms with van der Waals surface area (Å²) in [4.78, 5) is 0.183. The Kier molecular flexibility index (Phi) is 5.08. The maximum atomic E-state index is 11.8. The predicted molar refractivity (Wildman–Crippen MR) is 64.3 cm³/mol. The molecule has 0 spiro atoms. The summed E-state index contributed by atoms with van der Waals surface area (Å²) in [7, 11) is -1.49. The molecule has 0 N–H and O–H groups in total. The van der Waals surface area contributed by atoms with Gasteiger partial charge in [-0.15, -0.1) is 0 Å². The van der Waals surface area contributed by atoms with E-state index in [1.807, 2.05) is 27.7 Å². The van der Waals surface area contributed by atoms with Crippen LogP contribution in [0.1, 0.15) is 27.7 Å². The molecule has 0 amide bonds. The Morgan fingerprint density at radius 3 is 2.07 bits per heavy atom. The van der Waals surface area contributed by atoms with Gasteiger partial charge >= 0.3 is 0 Å². The molecule has 14 heavy (non-hydrogen) atoms. The molecule has 0 aliphatic heterocycles. The molecule has 86 valence electrons. The number of hydrogen-bond acceptors (Lipinski definition) is 2. The van der Waals surface area contributed by atoms with E-state index in [-0.39, 0.29) is 16.0 Å². The zero-order valence-electron chi connectivity index (χ0n) is 9.54. The molecule has 1 atom stereocenters. The molecule has 1 unspecified atom stereocenters. The molecule has 3 nitrogen and oxygen atoms in total. The van der Waals surface area contributed by atoms with E-state index in [1.165, 1.54) is 4.31 Å². The van der Waals surface area contributed by atoms with Crippen molar-refractivity contribution in [2.24, 2.45) is 5.41 Å². The third-order valence-corrected chi connectivity index (χ3v) is 4.22. The van der Waals surface area contributed by atoms with Gasteiger partial charge in [-0.05, 0) is 5.41 Å². The first-order valence-electron chi connectivity index (χ1n) is 4.63. The van der Waals surface area contributed by atoms with Crippen molar-refractivity contribution in [1.29, 1.82) is 0 Å². The number of sulfonamides is 1. The highest BCUT2D eigenvalue weighted by molar-refractivity contribution is 9.09. The molecular weight excluding hydrogens is 266 g/mol. The second kappa shape index (κ2) is 4.94. The zero-order chi connectivity index (χ0) is 11.6. The lowest BCUT2D eigenvalue weighted by molar-refractivity contribution is 0.423. The largest absolute Gasteiger partial charge is 0.214 e. The normalized spacial score (nSPS) is 15.9. The Bertz CT molecular complexity index is 267. The van der Waals surface area contributed by atoms with Crippen LogP contribution in [0.15, 0.2) is 0 Å². The predicted octanol–water partition coefficient (Wildman–Crippen LogP) is 2.08. The van der Waals surface area contributed by atoms with Gasteiger partial charge in [0.25, 0.3) is 0 Å². The average Bonchev–Trinajstić information content (AvgIpc) is 1.78. The van der Waals surface area contributed by atoms with Crippen LogP contribution in [0.5, 0.6) is 0 Å². The van der Waals surface area contributed by atoms with Crippen molar-refractivity contribution in [2.75, 3.05) is 19.3 Å². The lowest BCUT2D eigenvalue weighted by atomic mass is 10.0. The molecule has 0 aromatic rings. The van der Waals surface area contributed by atoms with E-state index >= 15 is 0 Å². The fourth-order valence-electron chi connectivity index (χ4n) is 1.13.